The highest BCUT2D eigenvalue weighted by Crippen LogP contribution is 2.26. The van der Waals surface area contributed by atoms with Crippen molar-refractivity contribution in [2.24, 2.45) is 0 Å². The van der Waals surface area contributed by atoms with Crippen LogP contribution in [-0.4, -0.2) is 23.3 Å². The Kier molecular flexibility index (Phi) is 6.10. The van der Waals surface area contributed by atoms with Crippen LogP contribution in [0.2, 0.25) is 5.02 Å². The molecule has 0 aliphatic rings. The SMILES string of the molecule is COc1cccc(OCCn2c(C(C)Oc3ccc(Cl)cc3)nc3ccccc32)c1. The maximum Gasteiger partial charge on any atom is 0.153 e. The predicted molar refractivity (Wildman–Crippen MR) is 119 cm³/mol. The van der Waals surface area contributed by atoms with Crippen molar-refractivity contribution in [3.8, 4) is 17.2 Å². The maximum atomic E-state index is 6.12. The summed E-state index contributed by atoms with van der Waals surface area (Å²) in [4.78, 5) is 4.82. The third-order valence-corrected chi connectivity index (χ3v) is 5.05. The molecule has 30 heavy (non-hydrogen) atoms. The Hall–Kier alpha value is -3.18. The monoisotopic (exact) mass is 422 g/mol. The fourth-order valence-electron chi connectivity index (χ4n) is 3.36. The van der Waals surface area contributed by atoms with E-state index < -0.39 is 0 Å². The Labute approximate surface area is 180 Å². The molecule has 1 heterocycles. The van der Waals surface area contributed by atoms with Gasteiger partial charge < -0.3 is 18.8 Å². The van der Waals surface area contributed by atoms with Gasteiger partial charge in [-0.1, -0.05) is 29.8 Å². The summed E-state index contributed by atoms with van der Waals surface area (Å²) in [5.74, 6) is 3.13. The average molecular weight is 423 g/mol. The van der Waals surface area contributed by atoms with Gasteiger partial charge in [0.1, 0.15) is 23.9 Å². The van der Waals surface area contributed by atoms with Gasteiger partial charge >= 0.3 is 0 Å². The van der Waals surface area contributed by atoms with Crippen LogP contribution in [0.1, 0.15) is 18.9 Å². The first-order chi connectivity index (χ1) is 14.6. The Balaban J connectivity index is 1.54. The van der Waals surface area contributed by atoms with Gasteiger partial charge in [-0.2, -0.15) is 0 Å². The molecule has 0 aliphatic carbocycles. The number of fused-ring (bicyclic) bond motifs is 1. The minimum Gasteiger partial charge on any atom is -0.497 e. The van der Waals surface area contributed by atoms with E-state index in [0.717, 1.165) is 34.1 Å². The number of hydrogen-bond acceptors (Lipinski definition) is 4. The van der Waals surface area contributed by atoms with Crippen LogP contribution >= 0.6 is 11.6 Å². The molecule has 3 aromatic carbocycles. The summed E-state index contributed by atoms with van der Waals surface area (Å²) in [6.45, 7) is 3.13. The lowest BCUT2D eigenvalue weighted by molar-refractivity contribution is 0.207. The third-order valence-electron chi connectivity index (χ3n) is 4.80. The van der Waals surface area contributed by atoms with Crippen molar-refractivity contribution in [2.75, 3.05) is 13.7 Å². The molecular formula is C24H23ClN2O3. The average Bonchev–Trinajstić information content (AvgIpc) is 3.14. The largest absolute Gasteiger partial charge is 0.497 e. The van der Waals surface area contributed by atoms with Crippen molar-refractivity contribution in [3.05, 3.63) is 83.6 Å². The number of rotatable bonds is 8. The molecule has 1 aromatic heterocycles. The molecule has 0 fully saturated rings. The molecule has 0 spiro atoms. The van der Waals surface area contributed by atoms with E-state index in [2.05, 4.69) is 10.6 Å². The van der Waals surface area contributed by atoms with Gasteiger partial charge in [-0.25, -0.2) is 4.98 Å². The van der Waals surface area contributed by atoms with Gasteiger partial charge in [-0.15, -0.1) is 0 Å². The van der Waals surface area contributed by atoms with E-state index in [9.17, 15) is 0 Å². The Morgan fingerprint density at radius 3 is 2.50 bits per heavy atom. The number of methoxy groups -OCH3 is 1. The highest BCUT2D eigenvalue weighted by Gasteiger charge is 2.18. The highest BCUT2D eigenvalue weighted by atomic mass is 35.5. The van der Waals surface area contributed by atoms with Crippen LogP contribution in [0.25, 0.3) is 11.0 Å². The van der Waals surface area contributed by atoms with Crippen molar-refractivity contribution < 1.29 is 14.2 Å². The summed E-state index contributed by atoms with van der Waals surface area (Å²) in [7, 11) is 1.64. The summed E-state index contributed by atoms with van der Waals surface area (Å²) in [5.41, 5.74) is 1.98. The molecule has 1 unspecified atom stereocenters. The molecule has 0 radical (unpaired) electrons. The maximum absolute atomic E-state index is 6.12. The first-order valence-electron chi connectivity index (χ1n) is 9.78. The van der Waals surface area contributed by atoms with Gasteiger partial charge in [-0.05, 0) is 55.5 Å². The summed E-state index contributed by atoms with van der Waals surface area (Å²) in [6, 6.07) is 23.0. The second kappa shape index (κ2) is 9.09. The molecular weight excluding hydrogens is 400 g/mol. The molecule has 4 aromatic rings. The predicted octanol–water partition coefficient (Wildman–Crippen LogP) is 5.92. The fourth-order valence-corrected chi connectivity index (χ4v) is 3.48. The van der Waals surface area contributed by atoms with Gasteiger partial charge in [0, 0.05) is 11.1 Å². The summed E-state index contributed by atoms with van der Waals surface area (Å²) >= 11 is 5.98. The highest BCUT2D eigenvalue weighted by molar-refractivity contribution is 6.30. The van der Waals surface area contributed by atoms with Crippen molar-refractivity contribution in [2.45, 2.75) is 19.6 Å². The lowest BCUT2D eigenvalue weighted by Crippen LogP contribution is -2.15. The molecule has 1 atom stereocenters. The normalized spacial score (nSPS) is 12.0. The Morgan fingerprint density at radius 1 is 0.933 bits per heavy atom. The number of benzene rings is 3. The molecule has 5 nitrogen and oxygen atoms in total. The van der Waals surface area contributed by atoms with Gasteiger partial charge in [0.2, 0.25) is 0 Å². The second-order valence-electron chi connectivity index (χ2n) is 6.85. The number of aromatic nitrogens is 2. The molecule has 6 heteroatoms. The van der Waals surface area contributed by atoms with Gasteiger partial charge in [0.25, 0.3) is 0 Å². The van der Waals surface area contributed by atoms with E-state index in [1.54, 1.807) is 7.11 Å². The van der Waals surface area contributed by atoms with Crippen LogP contribution in [-0.2, 0) is 6.54 Å². The number of nitrogens with zero attached hydrogens (tertiary/aromatic N) is 2. The van der Waals surface area contributed by atoms with Crippen molar-refractivity contribution in [1.29, 1.82) is 0 Å². The number of halogens is 1. The van der Waals surface area contributed by atoms with E-state index >= 15 is 0 Å². The van der Waals surface area contributed by atoms with Crippen LogP contribution in [0.5, 0.6) is 17.2 Å². The lowest BCUT2D eigenvalue weighted by Gasteiger charge is -2.17. The zero-order valence-electron chi connectivity index (χ0n) is 16.9. The lowest BCUT2D eigenvalue weighted by atomic mass is 10.3. The molecule has 4 rings (SSSR count). The van der Waals surface area contributed by atoms with Crippen LogP contribution in [0.4, 0.5) is 0 Å². The number of ether oxygens (including phenoxy) is 3. The molecule has 0 amide bonds. The molecule has 0 saturated carbocycles. The molecule has 0 aliphatic heterocycles. The zero-order chi connectivity index (χ0) is 20.9. The molecule has 0 bridgehead atoms. The topological polar surface area (TPSA) is 45.5 Å². The number of hydrogen-bond donors (Lipinski definition) is 0. The van der Waals surface area contributed by atoms with Crippen LogP contribution in [0, 0.1) is 0 Å². The third kappa shape index (κ3) is 4.52. The first kappa shape index (κ1) is 20.1. The minimum atomic E-state index is -0.240. The van der Waals surface area contributed by atoms with E-state index in [1.165, 1.54) is 0 Å². The van der Waals surface area contributed by atoms with E-state index in [0.29, 0.717) is 18.2 Å². The number of para-hydroxylation sites is 2. The Morgan fingerprint density at radius 2 is 1.70 bits per heavy atom. The van der Waals surface area contributed by atoms with Crippen LogP contribution < -0.4 is 14.2 Å². The molecule has 154 valence electrons. The second-order valence-corrected chi connectivity index (χ2v) is 7.29. The van der Waals surface area contributed by atoms with Gasteiger partial charge in [0.15, 0.2) is 11.9 Å². The van der Waals surface area contributed by atoms with E-state index in [4.69, 9.17) is 30.8 Å². The van der Waals surface area contributed by atoms with Gasteiger partial charge in [-0.3, -0.25) is 0 Å². The summed E-state index contributed by atoms with van der Waals surface area (Å²) < 4.78 is 19.5. The minimum absolute atomic E-state index is 0.240. The quantitative estimate of drug-likeness (QED) is 0.353. The van der Waals surface area contributed by atoms with Crippen molar-refractivity contribution in [3.63, 3.8) is 0 Å². The fraction of sp³-hybridized carbons (Fsp3) is 0.208. The number of imidazole rings is 1. The summed E-state index contributed by atoms with van der Waals surface area (Å²) in [6.07, 6.45) is -0.240. The smallest absolute Gasteiger partial charge is 0.153 e. The summed E-state index contributed by atoms with van der Waals surface area (Å²) in [5, 5.41) is 0.678. The molecule has 0 saturated heterocycles. The van der Waals surface area contributed by atoms with Crippen LogP contribution in [0.3, 0.4) is 0 Å². The van der Waals surface area contributed by atoms with Crippen molar-refractivity contribution >= 4 is 22.6 Å². The first-order valence-corrected chi connectivity index (χ1v) is 10.2. The van der Waals surface area contributed by atoms with E-state index in [-0.39, 0.29) is 6.10 Å². The van der Waals surface area contributed by atoms with Crippen molar-refractivity contribution in [1.82, 2.24) is 9.55 Å². The van der Waals surface area contributed by atoms with E-state index in [1.807, 2.05) is 73.7 Å². The van der Waals surface area contributed by atoms with Gasteiger partial charge in [0.05, 0.1) is 24.7 Å². The Bertz CT molecular complexity index is 1120. The molecule has 0 N–H and O–H groups in total. The van der Waals surface area contributed by atoms with Crippen LogP contribution in [0.15, 0.2) is 72.8 Å². The zero-order valence-corrected chi connectivity index (χ0v) is 17.7. The standard InChI is InChI=1S/C24H23ClN2O3/c1-17(30-19-12-10-18(25)11-13-19)24-26-22-8-3-4-9-23(22)27(24)14-15-29-21-7-5-6-20(16-21)28-2/h3-13,16-17H,14-15H2,1-2H3.